The van der Waals surface area contributed by atoms with Crippen LogP contribution in [0.1, 0.15) is 38.7 Å². The summed E-state index contributed by atoms with van der Waals surface area (Å²) in [5.41, 5.74) is 0.869. The van der Waals surface area contributed by atoms with Crippen molar-refractivity contribution in [3.05, 3.63) is 59.9 Å². The SMILES string of the molecule is CC(C)(O)C(=O)N1CC2(CC2)C[C@@H]1Cc1cccc(-c2ccccc2)c1F. The third-order valence-corrected chi connectivity index (χ3v) is 5.98. The topological polar surface area (TPSA) is 40.5 Å². The monoisotopic (exact) mass is 367 g/mol. The fourth-order valence-electron chi connectivity index (χ4n) is 4.31. The number of nitrogens with zero attached hydrogens (tertiary/aromatic N) is 1. The number of carbonyl (C=O) groups excluding carboxylic acids is 1. The van der Waals surface area contributed by atoms with Crippen molar-refractivity contribution in [2.24, 2.45) is 5.41 Å². The van der Waals surface area contributed by atoms with Gasteiger partial charge in [-0.15, -0.1) is 0 Å². The highest BCUT2D eigenvalue weighted by Crippen LogP contribution is 2.55. The second-order valence-corrected chi connectivity index (χ2v) is 8.70. The Balaban J connectivity index is 1.62. The van der Waals surface area contributed by atoms with Gasteiger partial charge in [-0.25, -0.2) is 4.39 Å². The zero-order chi connectivity index (χ0) is 19.2. The van der Waals surface area contributed by atoms with Crippen LogP contribution in [0.15, 0.2) is 48.5 Å². The fourth-order valence-corrected chi connectivity index (χ4v) is 4.31. The van der Waals surface area contributed by atoms with Gasteiger partial charge in [0.1, 0.15) is 11.4 Å². The van der Waals surface area contributed by atoms with E-state index in [1.807, 2.05) is 42.5 Å². The van der Waals surface area contributed by atoms with Gasteiger partial charge >= 0.3 is 0 Å². The van der Waals surface area contributed by atoms with Crippen molar-refractivity contribution in [2.75, 3.05) is 6.54 Å². The number of aliphatic hydroxyl groups is 1. The largest absolute Gasteiger partial charge is 0.381 e. The first-order chi connectivity index (χ1) is 12.8. The van der Waals surface area contributed by atoms with Crippen LogP contribution in [0.3, 0.4) is 0 Å². The lowest BCUT2D eigenvalue weighted by Crippen LogP contribution is -2.48. The summed E-state index contributed by atoms with van der Waals surface area (Å²) in [6.45, 7) is 3.74. The maximum Gasteiger partial charge on any atom is 0.254 e. The predicted octanol–water partition coefficient (Wildman–Crippen LogP) is 4.19. The first-order valence-electron chi connectivity index (χ1n) is 9.65. The third-order valence-electron chi connectivity index (χ3n) is 5.98. The molecule has 1 heterocycles. The molecule has 1 saturated carbocycles. The Hall–Kier alpha value is -2.20. The van der Waals surface area contributed by atoms with Crippen molar-refractivity contribution in [3.63, 3.8) is 0 Å². The third kappa shape index (κ3) is 3.51. The highest BCUT2D eigenvalue weighted by atomic mass is 19.1. The first kappa shape index (κ1) is 18.2. The summed E-state index contributed by atoms with van der Waals surface area (Å²) < 4.78 is 15.2. The number of hydrogen-bond acceptors (Lipinski definition) is 2. The summed E-state index contributed by atoms with van der Waals surface area (Å²) in [5, 5.41) is 10.2. The van der Waals surface area contributed by atoms with Crippen LogP contribution in [0.4, 0.5) is 4.39 Å². The molecule has 2 aromatic rings. The van der Waals surface area contributed by atoms with Gasteiger partial charge in [0, 0.05) is 18.2 Å². The van der Waals surface area contributed by atoms with Crippen molar-refractivity contribution in [1.82, 2.24) is 4.90 Å². The summed E-state index contributed by atoms with van der Waals surface area (Å²) in [5.74, 6) is -0.466. The molecule has 2 aliphatic rings. The van der Waals surface area contributed by atoms with Crippen LogP contribution in [-0.4, -0.2) is 34.1 Å². The lowest BCUT2D eigenvalue weighted by Gasteiger charge is -2.30. The number of hydrogen-bond donors (Lipinski definition) is 1. The van der Waals surface area contributed by atoms with Gasteiger partial charge in [-0.05, 0) is 56.1 Å². The molecular formula is C23H26FNO2. The lowest BCUT2D eigenvalue weighted by atomic mass is 9.95. The Morgan fingerprint density at radius 3 is 2.52 bits per heavy atom. The van der Waals surface area contributed by atoms with Gasteiger partial charge < -0.3 is 10.0 Å². The molecule has 0 unspecified atom stereocenters. The fraction of sp³-hybridized carbons (Fsp3) is 0.435. The normalized spacial score (nSPS) is 20.9. The molecule has 2 fully saturated rings. The summed E-state index contributed by atoms with van der Waals surface area (Å²) in [6.07, 6.45) is 3.61. The molecule has 1 N–H and O–H groups in total. The molecule has 1 aliphatic carbocycles. The summed E-state index contributed by atoms with van der Waals surface area (Å²) in [4.78, 5) is 14.5. The molecule has 142 valence electrons. The summed E-state index contributed by atoms with van der Waals surface area (Å²) in [7, 11) is 0. The standard InChI is InChI=1S/C23H26FNO2/c1-22(2,27)21(26)25-15-23(11-12-23)14-18(25)13-17-9-6-10-19(20(17)24)16-7-4-3-5-8-16/h3-10,18,27H,11-15H2,1-2H3/t18-/m0/s1. The van der Waals surface area contributed by atoms with Gasteiger partial charge in [0.15, 0.2) is 0 Å². The van der Waals surface area contributed by atoms with E-state index in [9.17, 15) is 9.90 Å². The van der Waals surface area contributed by atoms with Crippen LogP contribution in [0, 0.1) is 11.2 Å². The van der Waals surface area contributed by atoms with Crippen LogP contribution in [0.2, 0.25) is 0 Å². The molecule has 1 saturated heterocycles. The number of carbonyl (C=O) groups is 1. The van der Waals surface area contributed by atoms with Crippen LogP contribution >= 0.6 is 0 Å². The van der Waals surface area contributed by atoms with Gasteiger partial charge in [0.05, 0.1) is 0 Å². The number of likely N-dealkylation sites (tertiary alicyclic amines) is 1. The second kappa shape index (κ2) is 6.45. The zero-order valence-corrected chi connectivity index (χ0v) is 15.9. The molecule has 3 nitrogen and oxygen atoms in total. The summed E-state index contributed by atoms with van der Waals surface area (Å²) >= 11 is 0. The predicted molar refractivity (Wildman–Crippen MR) is 104 cm³/mol. The van der Waals surface area contributed by atoms with E-state index in [1.165, 1.54) is 13.8 Å². The highest BCUT2D eigenvalue weighted by Gasteiger charge is 2.54. The Morgan fingerprint density at radius 1 is 1.19 bits per heavy atom. The number of halogens is 1. The van der Waals surface area contributed by atoms with Gasteiger partial charge in [0.2, 0.25) is 0 Å². The van der Waals surface area contributed by atoms with E-state index in [1.54, 1.807) is 11.0 Å². The molecular weight excluding hydrogens is 341 g/mol. The van der Waals surface area contributed by atoms with Crippen molar-refractivity contribution in [1.29, 1.82) is 0 Å². The average molecular weight is 367 g/mol. The van der Waals surface area contributed by atoms with Gasteiger partial charge in [-0.3, -0.25) is 4.79 Å². The minimum Gasteiger partial charge on any atom is -0.381 e. The molecule has 1 spiro atoms. The van der Waals surface area contributed by atoms with E-state index < -0.39 is 5.60 Å². The summed E-state index contributed by atoms with van der Waals surface area (Å²) in [6, 6.07) is 15.0. The molecule has 4 heteroatoms. The van der Waals surface area contributed by atoms with E-state index in [2.05, 4.69) is 0 Å². The maximum atomic E-state index is 15.2. The zero-order valence-electron chi connectivity index (χ0n) is 15.9. The first-order valence-corrected chi connectivity index (χ1v) is 9.65. The number of benzene rings is 2. The Morgan fingerprint density at radius 2 is 1.89 bits per heavy atom. The Bertz CT molecular complexity index is 852. The Labute approximate surface area is 159 Å². The smallest absolute Gasteiger partial charge is 0.254 e. The number of rotatable bonds is 4. The molecule has 0 bridgehead atoms. The molecule has 1 aliphatic heterocycles. The number of amides is 1. The Kier molecular flexibility index (Phi) is 4.34. The molecule has 0 aromatic heterocycles. The quantitative estimate of drug-likeness (QED) is 0.880. The lowest BCUT2D eigenvalue weighted by molar-refractivity contribution is -0.148. The molecule has 1 atom stereocenters. The minimum absolute atomic E-state index is 0.0630. The van der Waals surface area contributed by atoms with E-state index in [0.717, 1.165) is 24.8 Å². The molecule has 1 amide bonds. The molecule has 27 heavy (non-hydrogen) atoms. The van der Waals surface area contributed by atoms with E-state index in [0.29, 0.717) is 24.1 Å². The average Bonchev–Trinajstić information content (AvgIpc) is 3.29. The van der Waals surface area contributed by atoms with Gasteiger partial charge in [-0.2, -0.15) is 0 Å². The molecule has 4 rings (SSSR count). The van der Waals surface area contributed by atoms with Crippen molar-refractivity contribution in [2.45, 2.75) is 51.2 Å². The van der Waals surface area contributed by atoms with Gasteiger partial charge in [0.25, 0.3) is 5.91 Å². The minimum atomic E-state index is -1.40. The molecule has 0 radical (unpaired) electrons. The maximum absolute atomic E-state index is 15.2. The van der Waals surface area contributed by atoms with E-state index in [4.69, 9.17) is 0 Å². The second-order valence-electron chi connectivity index (χ2n) is 8.70. The highest BCUT2D eigenvalue weighted by molar-refractivity contribution is 5.84. The van der Waals surface area contributed by atoms with E-state index in [-0.39, 0.29) is 23.2 Å². The van der Waals surface area contributed by atoms with Crippen LogP contribution < -0.4 is 0 Å². The molecule has 2 aromatic carbocycles. The van der Waals surface area contributed by atoms with Crippen molar-refractivity contribution < 1.29 is 14.3 Å². The van der Waals surface area contributed by atoms with Crippen LogP contribution in [0.25, 0.3) is 11.1 Å². The van der Waals surface area contributed by atoms with Gasteiger partial charge in [-0.1, -0.05) is 48.5 Å². The van der Waals surface area contributed by atoms with Crippen molar-refractivity contribution in [3.8, 4) is 11.1 Å². The van der Waals surface area contributed by atoms with Crippen LogP contribution in [-0.2, 0) is 11.2 Å². The van der Waals surface area contributed by atoms with Crippen LogP contribution in [0.5, 0.6) is 0 Å². The van der Waals surface area contributed by atoms with Crippen molar-refractivity contribution >= 4 is 5.91 Å². The van der Waals surface area contributed by atoms with E-state index >= 15 is 4.39 Å².